The average molecular weight is 713 g/mol. The Hall–Kier alpha value is -6.96. The van der Waals surface area contributed by atoms with Crippen LogP contribution in [0.5, 0.6) is 0 Å². The molecule has 0 amide bonds. The zero-order chi connectivity index (χ0) is 37.1. The zero-order valence-electron chi connectivity index (χ0n) is 31.2. The summed E-state index contributed by atoms with van der Waals surface area (Å²) in [5.41, 5.74) is 14.5. The van der Waals surface area contributed by atoms with E-state index in [9.17, 15) is 0 Å². The van der Waals surface area contributed by atoms with E-state index in [1.54, 1.807) is 0 Å². The molecule has 1 heteroatoms. The summed E-state index contributed by atoms with van der Waals surface area (Å²) in [6.07, 6.45) is 0. The second kappa shape index (κ2) is 11.5. The first-order valence-corrected chi connectivity index (χ1v) is 19.6. The standard InChI is InChI=1S/C55H36O/c1-55(2)49-25-12-11-19-39(49)46-32-51-47(31-50(46)55)48-30-45(38-18-5-10-24-44(38)54(48)56-51)35-16-13-17-36(29-35)52-40-20-6-8-22-42(40)53(43-23-9-7-21-41(43)52)37-27-26-33-14-3-4-15-34(33)28-37/h3-32H,1-2H3. The van der Waals surface area contributed by atoms with E-state index in [-0.39, 0.29) is 5.41 Å². The molecule has 1 nitrogen and oxygen atoms in total. The van der Waals surface area contributed by atoms with E-state index in [4.69, 9.17) is 4.42 Å². The van der Waals surface area contributed by atoms with Crippen LogP contribution >= 0.6 is 0 Å². The van der Waals surface area contributed by atoms with Gasteiger partial charge in [0.1, 0.15) is 11.2 Å². The van der Waals surface area contributed by atoms with E-state index >= 15 is 0 Å². The predicted octanol–water partition coefficient (Wildman–Crippen LogP) is 15.5. The number of rotatable bonds is 3. The molecule has 0 atom stereocenters. The van der Waals surface area contributed by atoms with Gasteiger partial charge in [0.25, 0.3) is 0 Å². The second-order valence-corrected chi connectivity index (χ2v) is 16.0. The summed E-state index contributed by atoms with van der Waals surface area (Å²) in [4.78, 5) is 0. The van der Waals surface area contributed by atoms with Crippen molar-refractivity contribution in [1.82, 2.24) is 0 Å². The van der Waals surface area contributed by atoms with Gasteiger partial charge in [-0.25, -0.2) is 0 Å². The molecule has 1 heterocycles. The first-order valence-electron chi connectivity index (χ1n) is 19.6. The maximum Gasteiger partial charge on any atom is 0.143 e. The minimum atomic E-state index is -0.0902. The van der Waals surface area contributed by atoms with E-state index in [2.05, 4.69) is 196 Å². The van der Waals surface area contributed by atoms with E-state index in [1.165, 1.54) is 98.7 Å². The molecule has 11 aromatic rings. The lowest BCUT2D eigenvalue weighted by atomic mass is 9.82. The Morgan fingerprint density at radius 2 is 0.929 bits per heavy atom. The molecule has 0 spiro atoms. The highest BCUT2D eigenvalue weighted by atomic mass is 16.3. The minimum absolute atomic E-state index is 0.0902. The van der Waals surface area contributed by atoms with E-state index in [1.807, 2.05) is 0 Å². The lowest BCUT2D eigenvalue weighted by Crippen LogP contribution is -2.14. The third-order valence-corrected chi connectivity index (χ3v) is 12.6. The van der Waals surface area contributed by atoms with Crippen LogP contribution in [0.3, 0.4) is 0 Å². The molecule has 0 fully saturated rings. The maximum atomic E-state index is 6.83. The predicted molar refractivity (Wildman–Crippen MR) is 238 cm³/mol. The van der Waals surface area contributed by atoms with Crippen LogP contribution in [0.25, 0.3) is 110 Å². The van der Waals surface area contributed by atoms with Crippen molar-refractivity contribution in [2.45, 2.75) is 19.3 Å². The maximum absolute atomic E-state index is 6.83. The zero-order valence-corrected chi connectivity index (χ0v) is 31.2. The van der Waals surface area contributed by atoms with E-state index in [0.717, 1.165) is 21.9 Å². The van der Waals surface area contributed by atoms with Crippen molar-refractivity contribution in [3.63, 3.8) is 0 Å². The van der Waals surface area contributed by atoms with Crippen LogP contribution in [0.2, 0.25) is 0 Å². The molecule has 0 unspecified atom stereocenters. The Bertz CT molecular complexity index is 3390. The minimum Gasteiger partial charge on any atom is -0.455 e. The number of hydrogen-bond donors (Lipinski definition) is 0. The highest BCUT2D eigenvalue weighted by molar-refractivity contribution is 6.23. The van der Waals surface area contributed by atoms with Crippen molar-refractivity contribution in [2.75, 3.05) is 0 Å². The fourth-order valence-corrected chi connectivity index (χ4v) is 9.97. The van der Waals surface area contributed by atoms with Crippen molar-refractivity contribution in [1.29, 1.82) is 0 Å². The normalized spacial score (nSPS) is 13.3. The van der Waals surface area contributed by atoms with Gasteiger partial charge >= 0.3 is 0 Å². The van der Waals surface area contributed by atoms with E-state index < -0.39 is 0 Å². The molecule has 56 heavy (non-hydrogen) atoms. The topological polar surface area (TPSA) is 13.1 Å². The van der Waals surface area contributed by atoms with Gasteiger partial charge < -0.3 is 4.42 Å². The largest absolute Gasteiger partial charge is 0.455 e. The molecule has 1 aromatic heterocycles. The number of benzene rings is 10. The molecule has 0 saturated carbocycles. The highest BCUT2D eigenvalue weighted by Gasteiger charge is 2.36. The Labute approximate surface area is 325 Å². The van der Waals surface area contributed by atoms with Crippen LogP contribution in [0.15, 0.2) is 186 Å². The smallest absolute Gasteiger partial charge is 0.143 e. The van der Waals surface area contributed by atoms with Gasteiger partial charge in [0.2, 0.25) is 0 Å². The van der Waals surface area contributed by atoms with Crippen LogP contribution in [-0.2, 0) is 5.41 Å². The van der Waals surface area contributed by atoms with Gasteiger partial charge in [-0.15, -0.1) is 0 Å². The molecule has 0 radical (unpaired) electrons. The van der Waals surface area contributed by atoms with Gasteiger partial charge in [-0.3, -0.25) is 0 Å². The van der Waals surface area contributed by atoms with Crippen molar-refractivity contribution >= 4 is 65.0 Å². The highest BCUT2D eigenvalue weighted by Crippen LogP contribution is 2.52. The quantitative estimate of drug-likeness (QED) is 0.166. The molecule has 0 saturated heterocycles. The Morgan fingerprint density at radius 1 is 0.339 bits per heavy atom. The van der Waals surface area contributed by atoms with Crippen molar-refractivity contribution in [3.05, 3.63) is 193 Å². The summed E-state index contributed by atoms with van der Waals surface area (Å²) >= 11 is 0. The summed E-state index contributed by atoms with van der Waals surface area (Å²) in [5, 5.41) is 12.2. The summed E-state index contributed by atoms with van der Waals surface area (Å²) in [5.74, 6) is 0. The fourth-order valence-electron chi connectivity index (χ4n) is 9.97. The van der Waals surface area contributed by atoms with Gasteiger partial charge in [0, 0.05) is 21.6 Å². The summed E-state index contributed by atoms with van der Waals surface area (Å²) < 4.78 is 6.83. The summed E-state index contributed by atoms with van der Waals surface area (Å²) in [6.45, 7) is 4.69. The summed E-state index contributed by atoms with van der Waals surface area (Å²) in [6, 6.07) is 67.2. The van der Waals surface area contributed by atoms with Crippen molar-refractivity contribution in [3.8, 4) is 44.5 Å². The van der Waals surface area contributed by atoms with Crippen LogP contribution < -0.4 is 0 Å². The van der Waals surface area contributed by atoms with Crippen molar-refractivity contribution < 1.29 is 4.42 Å². The lowest BCUT2D eigenvalue weighted by Gasteiger charge is -2.21. The van der Waals surface area contributed by atoms with Crippen LogP contribution in [0.4, 0.5) is 0 Å². The molecule has 0 aliphatic heterocycles. The molecule has 0 bridgehead atoms. The first kappa shape index (κ1) is 31.4. The number of hydrogen-bond acceptors (Lipinski definition) is 1. The Kier molecular flexibility index (Phi) is 6.46. The average Bonchev–Trinajstić information content (AvgIpc) is 3.72. The number of fused-ring (bicyclic) bond motifs is 11. The third-order valence-electron chi connectivity index (χ3n) is 12.6. The molecule has 12 rings (SSSR count). The van der Waals surface area contributed by atoms with Crippen LogP contribution in [0.1, 0.15) is 25.0 Å². The van der Waals surface area contributed by atoms with Gasteiger partial charge in [-0.05, 0) is 124 Å². The van der Waals surface area contributed by atoms with Crippen LogP contribution in [-0.4, -0.2) is 0 Å². The Morgan fingerprint density at radius 3 is 1.66 bits per heavy atom. The molecular formula is C55H36O. The van der Waals surface area contributed by atoms with Gasteiger partial charge in [-0.2, -0.15) is 0 Å². The van der Waals surface area contributed by atoms with Gasteiger partial charge in [0.15, 0.2) is 0 Å². The molecule has 262 valence electrons. The van der Waals surface area contributed by atoms with Gasteiger partial charge in [0.05, 0.1) is 0 Å². The Balaban J connectivity index is 1.09. The second-order valence-electron chi connectivity index (χ2n) is 16.0. The molecule has 1 aliphatic carbocycles. The third kappa shape index (κ3) is 4.37. The number of furan rings is 1. The summed E-state index contributed by atoms with van der Waals surface area (Å²) in [7, 11) is 0. The lowest BCUT2D eigenvalue weighted by molar-refractivity contribution is 0.658. The molecular weight excluding hydrogens is 677 g/mol. The monoisotopic (exact) mass is 712 g/mol. The molecule has 1 aliphatic rings. The van der Waals surface area contributed by atoms with Gasteiger partial charge in [-0.1, -0.05) is 166 Å². The van der Waals surface area contributed by atoms with Crippen LogP contribution in [0, 0.1) is 0 Å². The fraction of sp³-hybridized carbons (Fsp3) is 0.0545. The first-order chi connectivity index (χ1) is 27.5. The van der Waals surface area contributed by atoms with Crippen molar-refractivity contribution in [2.24, 2.45) is 0 Å². The van der Waals surface area contributed by atoms with E-state index in [0.29, 0.717) is 0 Å². The molecule has 0 N–H and O–H groups in total. The molecule has 10 aromatic carbocycles. The SMILES string of the molecule is CC1(C)c2ccccc2-c2cc3oc4c5ccccc5c(-c5cccc(-c6c7ccccc7c(-c7ccc8ccccc8c7)c7ccccc67)c5)cc4c3cc21.